The topological polar surface area (TPSA) is 90.2 Å². The summed E-state index contributed by atoms with van der Waals surface area (Å²) in [6.07, 6.45) is 0.325. The monoisotopic (exact) mass is 362 g/mol. The number of nitrogens with zero attached hydrogens (tertiary/aromatic N) is 2. The molecule has 1 heterocycles. The Morgan fingerprint density at radius 1 is 1.21 bits per heavy atom. The van der Waals surface area contributed by atoms with Crippen molar-refractivity contribution < 1.29 is 13.3 Å². The minimum absolute atomic E-state index is 0.0125. The number of nitro benzene ring substituents is 1. The van der Waals surface area contributed by atoms with E-state index < -0.39 is 14.8 Å². The van der Waals surface area contributed by atoms with Gasteiger partial charge in [-0.25, -0.2) is 13.4 Å². The van der Waals surface area contributed by atoms with Gasteiger partial charge < -0.3 is 0 Å². The van der Waals surface area contributed by atoms with Crippen molar-refractivity contribution in [2.24, 2.45) is 0 Å². The summed E-state index contributed by atoms with van der Waals surface area (Å²) in [5.74, 6) is -0.110. The summed E-state index contributed by atoms with van der Waals surface area (Å²) < 4.78 is 25.7. The van der Waals surface area contributed by atoms with Crippen molar-refractivity contribution in [3.05, 3.63) is 63.1 Å². The first-order valence-electron chi connectivity index (χ1n) is 7.25. The largest absolute Gasteiger partial charge is 0.270 e. The van der Waals surface area contributed by atoms with Crippen LogP contribution in [0.25, 0.3) is 10.2 Å². The van der Waals surface area contributed by atoms with Gasteiger partial charge in [-0.3, -0.25) is 10.1 Å². The van der Waals surface area contributed by atoms with Gasteiger partial charge in [0.1, 0.15) is 0 Å². The van der Waals surface area contributed by atoms with Gasteiger partial charge >= 0.3 is 0 Å². The van der Waals surface area contributed by atoms with Crippen molar-refractivity contribution in [3.63, 3.8) is 0 Å². The second-order valence-electron chi connectivity index (χ2n) is 5.20. The van der Waals surface area contributed by atoms with E-state index in [0.29, 0.717) is 12.0 Å². The van der Waals surface area contributed by atoms with Gasteiger partial charge in [0.25, 0.3) is 5.69 Å². The normalized spacial score (nSPS) is 11.7. The highest BCUT2D eigenvalue weighted by Gasteiger charge is 2.21. The molecule has 0 aliphatic rings. The van der Waals surface area contributed by atoms with Crippen molar-refractivity contribution in [1.82, 2.24) is 4.98 Å². The van der Waals surface area contributed by atoms with Crippen LogP contribution < -0.4 is 0 Å². The highest BCUT2D eigenvalue weighted by Crippen LogP contribution is 2.28. The fourth-order valence-corrected chi connectivity index (χ4v) is 4.55. The fourth-order valence-electron chi connectivity index (χ4n) is 2.41. The van der Waals surface area contributed by atoms with Crippen LogP contribution in [0, 0.1) is 10.1 Å². The van der Waals surface area contributed by atoms with Crippen molar-refractivity contribution in [1.29, 1.82) is 0 Å². The van der Waals surface area contributed by atoms with Gasteiger partial charge in [0.2, 0.25) is 0 Å². The smallest absolute Gasteiger partial charge is 0.258 e. The number of non-ortho nitro benzene ring substituents is 1. The van der Waals surface area contributed by atoms with E-state index in [2.05, 4.69) is 4.98 Å². The van der Waals surface area contributed by atoms with Crippen LogP contribution >= 0.6 is 11.3 Å². The predicted molar refractivity (Wildman–Crippen MR) is 93.2 cm³/mol. The molecule has 1 aromatic heterocycles. The van der Waals surface area contributed by atoms with E-state index in [4.69, 9.17) is 0 Å². The van der Waals surface area contributed by atoms with Crippen molar-refractivity contribution in [3.8, 4) is 0 Å². The second-order valence-corrected chi connectivity index (χ2v) is 8.57. The van der Waals surface area contributed by atoms with Crippen LogP contribution in [0.15, 0.2) is 47.4 Å². The molecule has 24 heavy (non-hydrogen) atoms. The highest BCUT2D eigenvalue weighted by atomic mass is 32.2. The summed E-state index contributed by atoms with van der Waals surface area (Å²) in [4.78, 5) is 14.9. The second kappa shape index (κ2) is 6.29. The third-order valence-electron chi connectivity index (χ3n) is 3.66. The number of benzene rings is 2. The molecule has 6 nitrogen and oxygen atoms in total. The van der Waals surface area contributed by atoms with Crippen LogP contribution in [-0.2, 0) is 16.3 Å². The number of rotatable bonds is 5. The first-order valence-corrected chi connectivity index (χ1v) is 9.72. The molecular weight excluding hydrogens is 348 g/mol. The summed E-state index contributed by atoms with van der Waals surface area (Å²) in [5.41, 5.74) is 1.16. The lowest BCUT2D eigenvalue weighted by atomic mass is 10.1. The molecule has 0 bridgehead atoms. The number of nitro groups is 1. The Bertz CT molecular complexity index is 992. The highest BCUT2D eigenvalue weighted by molar-refractivity contribution is 7.91. The molecule has 0 atom stereocenters. The molecule has 0 saturated heterocycles. The Morgan fingerprint density at radius 3 is 2.62 bits per heavy atom. The molecule has 3 rings (SSSR count). The van der Waals surface area contributed by atoms with Gasteiger partial charge in [-0.1, -0.05) is 25.1 Å². The van der Waals surface area contributed by atoms with Gasteiger partial charge in [0.05, 0.1) is 30.8 Å². The molecule has 0 radical (unpaired) electrons. The molecule has 0 N–H and O–H groups in total. The Balaban J connectivity index is 2.07. The predicted octanol–water partition coefficient (Wildman–Crippen LogP) is 3.59. The van der Waals surface area contributed by atoms with E-state index in [-0.39, 0.29) is 16.3 Å². The van der Waals surface area contributed by atoms with Crippen molar-refractivity contribution in [2.75, 3.05) is 5.75 Å². The molecule has 0 spiro atoms. The first kappa shape index (κ1) is 16.5. The molecule has 0 saturated carbocycles. The Labute approximate surface area is 142 Å². The van der Waals surface area contributed by atoms with Gasteiger partial charge in [0.15, 0.2) is 9.84 Å². The lowest BCUT2D eigenvalue weighted by molar-refractivity contribution is -0.385. The zero-order valence-electron chi connectivity index (χ0n) is 12.8. The molecule has 124 valence electrons. The lowest BCUT2D eigenvalue weighted by Crippen LogP contribution is -2.08. The molecule has 0 fully saturated rings. The molecule has 0 aliphatic heterocycles. The van der Waals surface area contributed by atoms with Crippen LogP contribution in [0.4, 0.5) is 5.69 Å². The van der Waals surface area contributed by atoms with Gasteiger partial charge in [-0.2, -0.15) is 0 Å². The van der Waals surface area contributed by atoms with Crippen LogP contribution in [0.1, 0.15) is 17.5 Å². The molecular formula is C16H14N2O4S2. The van der Waals surface area contributed by atoms with E-state index in [9.17, 15) is 18.5 Å². The molecule has 0 aliphatic carbocycles. The lowest BCUT2D eigenvalue weighted by Gasteiger charge is -2.08. The van der Waals surface area contributed by atoms with Crippen molar-refractivity contribution in [2.45, 2.75) is 18.2 Å². The maximum atomic E-state index is 12.3. The average Bonchev–Trinajstić information content (AvgIpc) is 2.97. The van der Waals surface area contributed by atoms with Crippen molar-refractivity contribution >= 4 is 37.1 Å². The summed E-state index contributed by atoms with van der Waals surface area (Å²) in [6.45, 7) is 1.52. The summed E-state index contributed by atoms with van der Waals surface area (Å²) >= 11 is 1.49. The summed E-state index contributed by atoms with van der Waals surface area (Å²) in [6, 6.07) is 11.6. The molecule has 0 unspecified atom stereocenters. The number of fused-ring (bicyclic) bond motifs is 1. The third kappa shape index (κ3) is 3.15. The third-order valence-corrected chi connectivity index (χ3v) is 6.50. The SMILES string of the molecule is CCS(=O)(=O)c1cc([N+](=O)[O-])ccc1Cc1nc2ccccc2s1. The van der Waals surface area contributed by atoms with Crippen LogP contribution in [0.3, 0.4) is 0 Å². The number of aromatic nitrogens is 1. The molecule has 3 aromatic rings. The van der Waals surface area contributed by atoms with E-state index in [1.165, 1.54) is 30.4 Å². The van der Waals surface area contributed by atoms with Gasteiger partial charge in [0, 0.05) is 18.6 Å². The van der Waals surface area contributed by atoms with Crippen LogP contribution in [-0.4, -0.2) is 24.1 Å². The van der Waals surface area contributed by atoms with Gasteiger partial charge in [-0.05, 0) is 17.7 Å². The van der Waals surface area contributed by atoms with Crippen LogP contribution in [0.5, 0.6) is 0 Å². The zero-order valence-corrected chi connectivity index (χ0v) is 14.4. The Kier molecular flexibility index (Phi) is 4.33. The number of hydrogen-bond acceptors (Lipinski definition) is 6. The minimum Gasteiger partial charge on any atom is -0.258 e. The average molecular weight is 362 g/mol. The van der Waals surface area contributed by atoms with Crippen LogP contribution in [0.2, 0.25) is 0 Å². The van der Waals surface area contributed by atoms with E-state index in [1.807, 2.05) is 24.3 Å². The Morgan fingerprint density at radius 2 is 1.96 bits per heavy atom. The standard InChI is InChI=1S/C16H14N2O4S2/c1-2-24(21,22)15-10-12(18(19)20)8-7-11(15)9-16-17-13-5-3-4-6-14(13)23-16/h3-8,10H,2,9H2,1H3. The maximum absolute atomic E-state index is 12.3. The minimum atomic E-state index is -3.56. The van der Waals surface area contributed by atoms with E-state index in [1.54, 1.807) is 0 Å². The maximum Gasteiger partial charge on any atom is 0.270 e. The number of hydrogen-bond donors (Lipinski definition) is 0. The first-order chi connectivity index (χ1) is 11.4. The molecule has 8 heteroatoms. The number of sulfone groups is 1. The van der Waals surface area contributed by atoms with Gasteiger partial charge in [-0.15, -0.1) is 11.3 Å². The van der Waals surface area contributed by atoms with E-state index in [0.717, 1.165) is 21.3 Å². The number of para-hydroxylation sites is 1. The fraction of sp³-hybridized carbons (Fsp3) is 0.188. The number of thiazole rings is 1. The summed E-state index contributed by atoms with van der Waals surface area (Å²) in [5, 5.41) is 11.7. The molecule has 0 amide bonds. The van der Waals surface area contributed by atoms with E-state index >= 15 is 0 Å². The zero-order chi connectivity index (χ0) is 17.3. The molecule has 2 aromatic carbocycles. The summed E-state index contributed by atoms with van der Waals surface area (Å²) in [7, 11) is -3.56. The Hall–Kier alpha value is -2.32. The quantitative estimate of drug-likeness (QED) is 0.511.